The van der Waals surface area contributed by atoms with Gasteiger partial charge in [-0.05, 0) is 50.4 Å². The molecule has 3 saturated carbocycles. The Labute approximate surface area is 113 Å². The maximum atomic E-state index is 12.4. The topological polar surface area (TPSA) is 49.4 Å². The highest BCUT2D eigenvalue weighted by Gasteiger charge is 2.45. The number of likely N-dealkylation sites (tertiary alicyclic amines) is 1. The quantitative estimate of drug-likeness (QED) is 0.812. The summed E-state index contributed by atoms with van der Waals surface area (Å²) in [5.41, 5.74) is 0. The minimum absolute atomic E-state index is 0.0897. The van der Waals surface area contributed by atoms with Gasteiger partial charge < -0.3 is 10.2 Å². The van der Waals surface area contributed by atoms with Crippen LogP contribution in [0.2, 0.25) is 0 Å². The van der Waals surface area contributed by atoms with Crippen LogP contribution < -0.4 is 5.32 Å². The van der Waals surface area contributed by atoms with Crippen molar-refractivity contribution in [3.63, 3.8) is 0 Å². The first kappa shape index (κ1) is 11.7. The first-order valence-electron chi connectivity index (χ1n) is 7.82. The van der Waals surface area contributed by atoms with E-state index in [1.165, 1.54) is 25.7 Å². The summed E-state index contributed by atoms with van der Waals surface area (Å²) in [4.78, 5) is 26.2. The van der Waals surface area contributed by atoms with Gasteiger partial charge in [0.15, 0.2) is 0 Å². The molecule has 4 fully saturated rings. The molecule has 2 amide bonds. The Morgan fingerprint density at radius 2 is 1.74 bits per heavy atom. The van der Waals surface area contributed by atoms with Crippen molar-refractivity contribution < 1.29 is 9.59 Å². The van der Waals surface area contributed by atoms with Gasteiger partial charge >= 0.3 is 0 Å². The lowest BCUT2D eigenvalue weighted by atomic mass is 10.0. The summed E-state index contributed by atoms with van der Waals surface area (Å²) in [6.45, 7) is 0.664. The molecule has 1 atom stereocenters. The van der Waals surface area contributed by atoms with E-state index in [1.807, 2.05) is 4.90 Å². The molecule has 1 saturated heterocycles. The molecule has 0 aromatic heterocycles. The molecule has 0 bridgehead atoms. The second-order valence-electron chi connectivity index (χ2n) is 6.89. The van der Waals surface area contributed by atoms with Gasteiger partial charge in [0.25, 0.3) is 0 Å². The van der Waals surface area contributed by atoms with E-state index in [0.29, 0.717) is 25.0 Å². The van der Waals surface area contributed by atoms with E-state index in [-0.39, 0.29) is 17.7 Å². The highest BCUT2D eigenvalue weighted by molar-refractivity contribution is 5.89. The van der Waals surface area contributed by atoms with Crippen LogP contribution in [0.15, 0.2) is 0 Å². The van der Waals surface area contributed by atoms with Crippen molar-refractivity contribution in [3.05, 3.63) is 0 Å². The van der Waals surface area contributed by atoms with Gasteiger partial charge in [-0.3, -0.25) is 9.59 Å². The van der Waals surface area contributed by atoms with E-state index in [2.05, 4.69) is 5.32 Å². The molecule has 4 rings (SSSR count). The zero-order chi connectivity index (χ0) is 13.0. The zero-order valence-electron chi connectivity index (χ0n) is 11.3. The van der Waals surface area contributed by atoms with Crippen molar-refractivity contribution in [2.75, 3.05) is 6.54 Å². The van der Waals surface area contributed by atoms with Gasteiger partial charge in [-0.15, -0.1) is 0 Å². The SMILES string of the molecule is O=C(NC(C1CC1)C1CC1)C1CC(=O)N(C2CC2)C1. The molecule has 1 heterocycles. The van der Waals surface area contributed by atoms with Crippen molar-refractivity contribution in [2.24, 2.45) is 17.8 Å². The highest BCUT2D eigenvalue weighted by Crippen LogP contribution is 2.44. The Kier molecular flexibility index (Phi) is 2.61. The van der Waals surface area contributed by atoms with Gasteiger partial charge in [-0.1, -0.05) is 0 Å². The van der Waals surface area contributed by atoms with Crippen molar-refractivity contribution in [1.82, 2.24) is 10.2 Å². The lowest BCUT2D eigenvalue weighted by molar-refractivity contribution is -0.129. The number of carbonyl (C=O) groups excluding carboxylic acids is 2. The Morgan fingerprint density at radius 3 is 2.26 bits per heavy atom. The molecule has 1 aliphatic heterocycles. The van der Waals surface area contributed by atoms with E-state index in [9.17, 15) is 9.59 Å². The van der Waals surface area contributed by atoms with E-state index < -0.39 is 0 Å². The van der Waals surface area contributed by atoms with E-state index in [4.69, 9.17) is 0 Å². The largest absolute Gasteiger partial charge is 0.353 e. The van der Waals surface area contributed by atoms with Crippen molar-refractivity contribution >= 4 is 11.8 Å². The van der Waals surface area contributed by atoms with E-state index >= 15 is 0 Å². The van der Waals surface area contributed by atoms with Gasteiger partial charge in [0.1, 0.15) is 0 Å². The summed E-state index contributed by atoms with van der Waals surface area (Å²) in [6, 6.07) is 0.866. The fraction of sp³-hybridized carbons (Fsp3) is 0.867. The Balaban J connectivity index is 1.36. The van der Waals surface area contributed by atoms with Crippen LogP contribution in [-0.2, 0) is 9.59 Å². The molecule has 19 heavy (non-hydrogen) atoms. The Bertz CT molecular complexity index is 398. The molecule has 0 aromatic carbocycles. The van der Waals surface area contributed by atoms with Crippen LogP contribution in [0, 0.1) is 17.8 Å². The second kappa shape index (κ2) is 4.22. The average molecular weight is 262 g/mol. The third kappa shape index (κ3) is 2.37. The number of hydrogen-bond acceptors (Lipinski definition) is 2. The van der Waals surface area contributed by atoms with Gasteiger partial charge in [-0.25, -0.2) is 0 Å². The molecule has 0 aromatic rings. The molecular formula is C15H22N2O2. The summed E-state index contributed by atoms with van der Waals surface area (Å²) in [6.07, 6.45) is 7.81. The number of nitrogens with zero attached hydrogens (tertiary/aromatic N) is 1. The van der Waals surface area contributed by atoms with Crippen LogP contribution >= 0.6 is 0 Å². The normalized spacial score (nSPS) is 31.1. The molecule has 1 N–H and O–H groups in total. The summed E-state index contributed by atoms with van der Waals surface area (Å²) in [5.74, 6) is 1.70. The van der Waals surface area contributed by atoms with E-state index in [1.54, 1.807) is 0 Å². The predicted molar refractivity (Wildman–Crippen MR) is 70.2 cm³/mol. The lowest BCUT2D eigenvalue weighted by Gasteiger charge is -2.20. The van der Waals surface area contributed by atoms with Gasteiger partial charge in [0.2, 0.25) is 11.8 Å². The fourth-order valence-corrected chi connectivity index (χ4v) is 3.46. The van der Waals surface area contributed by atoms with Gasteiger partial charge in [0, 0.05) is 25.0 Å². The fourth-order valence-electron chi connectivity index (χ4n) is 3.46. The maximum absolute atomic E-state index is 12.4. The minimum atomic E-state index is -0.0897. The molecule has 3 aliphatic carbocycles. The molecular weight excluding hydrogens is 240 g/mol. The smallest absolute Gasteiger partial charge is 0.225 e. The van der Waals surface area contributed by atoms with Crippen LogP contribution in [0.5, 0.6) is 0 Å². The number of rotatable bonds is 5. The van der Waals surface area contributed by atoms with Crippen LogP contribution in [0.25, 0.3) is 0 Å². The summed E-state index contributed by atoms with van der Waals surface area (Å²) < 4.78 is 0. The van der Waals surface area contributed by atoms with Crippen LogP contribution in [0.1, 0.15) is 44.9 Å². The number of amides is 2. The minimum Gasteiger partial charge on any atom is -0.353 e. The summed E-state index contributed by atoms with van der Waals surface area (Å²) >= 11 is 0. The summed E-state index contributed by atoms with van der Waals surface area (Å²) in [5, 5.41) is 3.27. The molecule has 4 nitrogen and oxygen atoms in total. The third-order valence-corrected chi connectivity index (χ3v) is 5.09. The first-order valence-corrected chi connectivity index (χ1v) is 7.82. The molecule has 4 heteroatoms. The van der Waals surface area contributed by atoms with E-state index in [0.717, 1.165) is 24.7 Å². The van der Waals surface area contributed by atoms with Crippen LogP contribution in [-0.4, -0.2) is 35.3 Å². The van der Waals surface area contributed by atoms with Gasteiger partial charge in [0.05, 0.1) is 5.92 Å². The Morgan fingerprint density at radius 1 is 1.11 bits per heavy atom. The average Bonchev–Trinajstić information content (AvgIpc) is 3.27. The highest BCUT2D eigenvalue weighted by atomic mass is 16.2. The first-order chi connectivity index (χ1) is 9.22. The number of hydrogen-bond donors (Lipinski definition) is 1. The second-order valence-corrected chi connectivity index (χ2v) is 6.89. The molecule has 1 unspecified atom stereocenters. The van der Waals surface area contributed by atoms with Crippen molar-refractivity contribution in [1.29, 1.82) is 0 Å². The predicted octanol–water partition coefficient (Wildman–Crippen LogP) is 1.30. The lowest BCUT2D eigenvalue weighted by Crippen LogP contribution is -2.42. The van der Waals surface area contributed by atoms with Crippen molar-refractivity contribution in [2.45, 2.75) is 57.0 Å². The molecule has 0 spiro atoms. The monoisotopic (exact) mass is 262 g/mol. The Hall–Kier alpha value is -1.06. The molecule has 0 radical (unpaired) electrons. The third-order valence-electron chi connectivity index (χ3n) is 5.09. The standard InChI is InChI=1S/C15H22N2O2/c18-13-7-11(8-17(13)12-5-6-12)15(19)16-14(9-1-2-9)10-3-4-10/h9-12,14H,1-8H2,(H,16,19). The van der Waals surface area contributed by atoms with Crippen LogP contribution in [0.4, 0.5) is 0 Å². The maximum Gasteiger partial charge on any atom is 0.225 e. The van der Waals surface area contributed by atoms with Crippen molar-refractivity contribution in [3.8, 4) is 0 Å². The molecule has 104 valence electrons. The number of nitrogens with one attached hydrogen (secondary N) is 1. The van der Waals surface area contributed by atoms with Gasteiger partial charge in [-0.2, -0.15) is 0 Å². The zero-order valence-corrected chi connectivity index (χ0v) is 11.3. The molecule has 4 aliphatic rings. The van der Waals surface area contributed by atoms with Crippen LogP contribution in [0.3, 0.4) is 0 Å². The number of carbonyl (C=O) groups is 2. The summed E-state index contributed by atoms with van der Waals surface area (Å²) in [7, 11) is 0.